The zero-order valence-corrected chi connectivity index (χ0v) is 12.7. The van der Waals surface area contributed by atoms with Gasteiger partial charge in [-0.05, 0) is 25.8 Å². The summed E-state index contributed by atoms with van der Waals surface area (Å²) in [7, 11) is 0. The number of nitrogens with zero attached hydrogens (tertiary/aromatic N) is 1. The molecule has 0 aromatic heterocycles. The molecule has 1 aromatic carbocycles. The second-order valence-corrected chi connectivity index (χ2v) is 5.25. The van der Waals surface area contributed by atoms with E-state index in [2.05, 4.69) is 5.32 Å². The van der Waals surface area contributed by atoms with Crippen LogP contribution < -0.4 is 5.32 Å². The van der Waals surface area contributed by atoms with Gasteiger partial charge >= 0.3 is 0 Å². The van der Waals surface area contributed by atoms with Crippen LogP contribution in [0, 0.1) is 22.5 Å². The maximum Gasteiger partial charge on any atom is 0.273 e. The van der Waals surface area contributed by atoms with Gasteiger partial charge in [0, 0.05) is 29.2 Å². The minimum atomic E-state index is -0.498. The lowest BCUT2D eigenvalue weighted by atomic mass is 9.83. The molecule has 1 aromatic rings. The Morgan fingerprint density at radius 2 is 2.00 bits per heavy atom. The van der Waals surface area contributed by atoms with Crippen LogP contribution in [-0.2, 0) is 0 Å². The Hall–Kier alpha value is -1.95. The third-order valence-corrected chi connectivity index (χ3v) is 4.21. The predicted molar refractivity (Wildman–Crippen MR) is 80.3 cm³/mol. The fraction of sp³-hybridized carbons (Fsp3) is 0.533. The largest absolute Gasteiger partial charge is 0.396 e. The molecule has 0 aliphatic rings. The third kappa shape index (κ3) is 3.78. The minimum Gasteiger partial charge on any atom is -0.396 e. The van der Waals surface area contributed by atoms with Crippen molar-refractivity contribution < 1.29 is 14.8 Å². The van der Waals surface area contributed by atoms with Crippen molar-refractivity contribution in [2.24, 2.45) is 5.41 Å². The maximum absolute atomic E-state index is 12.2. The summed E-state index contributed by atoms with van der Waals surface area (Å²) < 4.78 is 0. The number of amides is 1. The first-order valence-electron chi connectivity index (χ1n) is 7.04. The van der Waals surface area contributed by atoms with E-state index in [0.29, 0.717) is 17.7 Å². The molecule has 0 aliphatic carbocycles. The van der Waals surface area contributed by atoms with E-state index in [4.69, 9.17) is 0 Å². The molecule has 6 nitrogen and oxygen atoms in total. The Balaban J connectivity index is 2.91. The second kappa shape index (κ2) is 7.17. The second-order valence-electron chi connectivity index (χ2n) is 5.25. The van der Waals surface area contributed by atoms with Crippen LogP contribution in [0.1, 0.15) is 42.6 Å². The van der Waals surface area contributed by atoms with Crippen LogP contribution in [0.15, 0.2) is 18.2 Å². The third-order valence-electron chi connectivity index (χ3n) is 4.21. The number of hydrogen-bond acceptors (Lipinski definition) is 4. The first kappa shape index (κ1) is 17.1. The Morgan fingerprint density at radius 3 is 2.48 bits per heavy atom. The number of nitrogens with one attached hydrogen (secondary N) is 1. The number of benzene rings is 1. The summed E-state index contributed by atoms with van der Waals surface area (Å²) in [5.74, 6) is -0.351. The van der Waals surface area contributed by atoms with Crippen LogP contribution in [-0.4, -0.2) is 29.1 Å². The predicted octanol–water partition coefficient (Wildman–Crippen LogP) is 2.43. The molecule has 1 rings (SSSR count). The molecule has 0 aliphatic heterocycles. The van der Waals surface area contributed by atoms with Crippen LogP contribution in [0.3, 0.4) is 0 Å². The van der Waals surface area contributed by atoms with E-state index in [1.54, 1.807) is 13.0 Å². The summed E-state index contributed by atoms with van der Waals surface area (Å²) in [6, 6.07) is 4.44. The maximum atomic E-state index is 12.2. The van der Waals surface area contributed by atoms with Crippen molar-refractivity contribution in [2.45, 2.75) is 33.6 Å². The van der Waals surface area contributed by atoms with Crippen molar-refractivity contribution in [1.82, 2.24) is 5.32 Å². The van der Waals surface area contributed by atoms with E-state index in [1.165, 1.54) is 12.1 Å². The van der Waals surface area contributed by atoms with Crippen molar-refractivity contribution in [3.8, 4) is 0 Å². The Kier molecular flexibility index (Phi) is 5.84. The van der Waals surface area contributed by atoms with Crippen molar-refractivity contribution >= 4 is 11.6 Å². The normalized spacial score (nSPS) is 11.2. The van der Waals surface area contributed by atoms with Gasteiger partial charge in [-0.2, -0.15) is 0 Å². The summed E-state index contributed by atoms with van der Waals surface area (Å²) in [6.45, 7) is 5.83. The molecule has 0 unspecified atom stereocenters. The molecule has 1 amide bonds. The van der Waals surface area contributed by atoms with Gasteiger partial charge in [-0.1, -0.05) is 19.9 Å². The molecule has 0 spiro atoms. The van der Waals surface area contributed by atoms with E-state index in [0.717, 1.165) is 12.8 Å². The van der Waals surface area contributed by atoms with Crippen molar-refractivity contribution in [3.63, 3.8) is 0 Å². The van der Waals surface area contributed by atoms with Gasteiger partial charge in [0.15, 0.2) is 0 Å². The van der Waals surface area contributed by atoms with Crippen molar-refractivity contribution in [3.05, 3.63) is 39.4 Å². The monoisotopic (exact) mass is 294 g/mol. The lowest BCUT2D eigenvalue weighted by Crippen LogP contribution is -2.39. The Labute approximate surface area is 124 Å². The highest BCUT2D eigenvalue weighted by Crippen LogP contribution is 2.25. The number of nitro groups is 1. The van der Waals surface area contributed by atoms with Gasteiger partial charge < -0.3 is 10.4 Å². The van der Waals surface area contributed by atoms with Crippen molar-refractivity contribution in [2.75, 3.05) is 13.2 Å². The van der Waals surface area contributed by atoms with Gasteiger partial charge in [-0.3, -0.25) is 14.9 Å². The summed E-state index contributed by atoms with van der Waals surface area (Å²) in [5, 5.41) is 23.2. The first-order chi connectivity index (χ1) is 9.90. The highest BCUT2D eigenvalue weighted by Gasteiger charge is 2.26. The Morgan fingerprint density at radius 1 is 1.38 bits per heavy atom. The van der Waals surface area contributed by atoms with Gasteiger partial charge in [-0.15, -0.1) is 0 Å². The van der Waals surface area contributed by atoms with Gasteiger partial charge in [-0.25, -0.2) is 0 Å². The molecule has 0 radical (unpaired) electrons. The lowest BCUT2D eigenvalue weighted by molar-refractivity contribution is -0.385. The SMILES string of the molecule is CCC(CC)(CO)CNC(=O)c1cccc([N+](=O)[O-])c1C. The fourth-order valence-electron chi connectivity index (χ4n) is 2.21. The summed E-state index contributed by atoms with van der Waals surface area (Å²) in [4.78, 5) is 22.6. The zero-order chi connectivity index (χ0) is 16.0. The van der Waals surface area contributed by atoms with Gasteiger partial charge in [0.2, 0.25) is 0 Å². The molecule has 6 heteroatoms. The number of carbonyl (C=O) groups excluding carboxylic acids is 1. The fourth-order valence-corrected chi connectivity index (χ4v) is 2.21. The molecule has 2 N–H and O–H groups in total. The summed E-state index contributed by atoms with van der Waals surface area (Å²) >= 11 is 0. The molecule has 0 saturated carbocycles. The lowest BCUT2D eigenvalue weighted by Gasteiger charge is -2.29. The average molecular weight is 294 g/mol. The molecule has 0 atom stereocenters. The average Bonchev–Trinajstić information content (AvgIpc) is 2.49. The Bertz CT molecular complexity index is 516. The van der Waals surface area contributed by atoms with E-state index in [1.807, 2.05) is 13.8 Å². The topological polar surface area (TPSA) is 92.5 Å². The molecule has 0 bridgehead atoms. The smallest absolute Gasteiger partial charge is 0.273 e. The molecule has 0 saturated heterocycles. The number of aliphatic hydroxyl groups is 1. The van der Waals surface area contributed by atoms with E-state index in [9.17, 15) is 20.0 Å². The number of nitro benzene ring substituents is 1. The number of aliphatic hydroxyl groups excluding tert-OH is 1. The van der Waals surface area contributed by atoms with Gasteiger partial charge in [0.25, 0.3) is 11.6 Å². The number of rotatable bonds is 7. The van der Waals surface area contributed by atoms with Crippen LogP contribution in [0.4, 0.5) is 5.69 Å². The molecule has 0 heterocycles. The van der Waals surface area contributed by atoms with Crippen LogP contribution in [0.25, 0.3) is 0 Å². The number of carbonyl (C=O) groups is 1. The summed E-state index contributed by atoms with van der Waals surface area (Å²) in [6.07, 6.45) is 1.49. The van der Waals surface area contributed by atoms with Gasteiger partial charge in [0.05, 0.1) is 11.5 Å². The molecule has 116 valence electrons. The molecular formula is C15H22N2O4. The van der Waals surface area contributed by atoms with Crippen molar-refractivity contribution in [1.29, 1.82) is 0 Å². The highest BCUT2D eigenvalue weighted by molar-refractivity contribution is 5.96. The van der Waals surface area contributed by atoms with E-state index in [-0.39, 0.29) is 23.6 Å². The quantitative estimate of drug-likeness (QED) is 0.596. The highest BCUT2D eigenvalue weighted by atomic mass is 16.6. The van der Waals surface area contributed by atoms with Gasteiger partial charge in [0.1, 0.15) is 0 Å². The molecule has 0 fully saturated rings. The van der Waals surface area contributed by atoms with E-state index < -0.39 is 4.92 Å². The van der Waals surface area contributed by atoms with Crippen LogP contribution in [0.2, 0.25) is 0 Å². The molecular weight excluding hydrogens is 272 g/mol. The van der Waals surface area contributed by atoms with Crippen LogP contribution in [0.5, 0.6) is 0 Å². The first-order valence-corrected chi connectivity index (χ1v) is 7.04. The standard InChI is InChI=1S/C15H22N2O4/c1-4-15(5-2,10-18)9-16-14(19)12-7-6-8-13(11(12)3)17(20)21/h6-8,18H,4-5,9-10H2,1-3H3,(H,16,19). The molecule has 21 heavy (non-hydrogen) atoms. The minimum absolute atomic E-state index is 0.00575. The van der Waals surface area contributed by atoms with E-state index >= 15 is 0 Å². The number of hydrogen-bond donors (Lipinski definition) is 2. The van der Waals surface area contributed by atoms with Crippen LogP contribution >= 0.6 is 0 Å². The summed E-state index contributed by atoms with van der Waals surface area (Å²) in [5.41, 5.74) is 0.234. The zero-order valence-electron chi connectivity index (χ0n) is 12.7.